The third-order valence-electron chi connectivity index (χ3n) is 4.70. The van der Waals surface area contributed by atoms with Crippen molar-refractivity contribution in [1.29, 1.82) is 0 Å². The lowest BCUT2D eigenvalue weighted by Crippen LogP contribution is -2.07. The summed E-state index contributed by atoms with van der Waals surface area (Å²) in [6, 6.07) is 22.0. The highest BCUT2D eigenvalue weighted by Gasteiger charge is 2.15. The van der Waals surface area contributed by atoms with Gasteiger partial charge in [-0.25, -0.2) is 4.39 Å². The second kappa shape index (κ2) is 7.58. The maximum Gasteiger partial charge on any atom is 0.159 e. The second-order valence-corrected chi connectivity index (χ2v) is 6.62. The van der Waals surface area contributed by atoms with Gasteiger partial charge in [0.1, 0.15) is 17.3 Å². The first-order chi connectivity index (χ1) is 13.2. The molecule has 134 valence electrons. The molecule has 2 nitrogen and oxygen atoms in total. The Hall–Kier alpha value is -3.20. The van der Waals surface area contributed by atoms with Crippen LogP contribution in [0.2, 0.25) is 0 Å². The van der Waals surface area contributed by atoms with E-state index in [1.165, 1.54) is 17.7 Å². The summed E-state index contributed by atoms with van der Waals surface area (Å²) in [5, 5.41) is 0. The summed E-state index contributed by atoms with van der Waals surface area (Å²) < 4.78 is 19.2. The Balaban J connectivity index is 1.62. The third-order valence-corrected chi connectivity index (χ3v) is 4.70. The summed E-state index contributed by atoms with van der Waals surface area (Å²) in [5.41, 5.74) is 4.08. The van der Waals surface area contributed by atoms with E-state index in [1.54, 1.807) is 18.2 Å². The van der Waals surface area contributed by atoms with Crippen molar-refractivity contribution < 1.29 is 13.9 Å². The number of fused-ring (bicyclic) bond motifs is 1. The summed E-state index contributed by atoms with van der Waals surface area (Å²) in [6.07, 6.45) is 3.86. The number of hydrogen-bond donors (Lipinski definition) is 0. The number of allylic oxidation sites excluding steroid dienone is 1. The van der Waals surface area contributed by atoms with Gasteiger partial charge in [-0.1, -0.05) is 48.5 Å². The minimum atomic E-state index is -0.252. The quantitative estimate of drug-likeness (QED) is 0.590. The largest absolute Gasteiger partial charge is 0.457 e. The third kappa shape index (κ3) is 3.98. The predicted octanol–water partition coefficient (Wildman–Crippen LogP) is 5.82. The molecule has 0 amide bonds. The molecule has 0 bridgehead atoms. The Morgan fingerprint density at radius 3 is 2.19 bits per heavy atom. The van der Waals surface area contributed by atoms with E-state index >= 15 is 0 Å². The number of ether oxygens (including phenoxy) is 1. The number of hydrogen-bond acceptors (Lipinski definition) is 2. The van der Waals surface area contributed by atoms with Crippen molar-refractivity contribution in [3.8, 4) is 16.9 Å². The van der Waals surface area contributed by atoms with Crippen LogP contribution in [0.25, 0.3) is 16.9 Å². The Bertz CT molecular complexity index is 986. The fourth-order valence-electron chi connectivity index (χ4n) is 3.30. The van der Waals surface area contributed by atoms with Crippen LogP contribution >= 0.6 is 0 Å². The zero-order chi connectivity index (χ0) is 18.6. The van der Waals surface area contributed by atoms with Gasteiger partial charge in [0.05, 0.1) is 0 Å². The molecule has 0 aliphatic heterocycles. The van der Waals surface area contributed by atoms with Crippen LogP contribution in [0.3, 0.4) is 0 Å². The summed E-state index contributed by atoms with van der Waals surface area (Å²) in [6.45, 7) is 0. The van der Waals surface area contributed by atoms with E-state index in [0.717, 1.165) is 29.5 Å². The van der Waals surface area contributed by atoms with Crippen LogP contribution < -0.4 is 4.74 Å². The molecule has 1 aliphatic carbocycles. The van der Waals surface area contributed by atoms with E-state index in [0.29, 0.717) is 17.9 Å². The van der Waals surface area contributed by atoms with E-state index in [1.807, 2.05) is 42.5 Å². The first-order valence-corrected chi connectivity index (χ1v) is 9.06. The number of carbonyl (C=O) groups is 1. The molecule has 0 spiro atoms. The van der Waals surface area contributed by atoms with Gasteiger partial charge in [-0.15, -0.1) is 0 Å². The van der Waals surface area contributed by atoms with E-state index in [9.17, 15) is 9.18 Å². The van der Waals surface area contributed by atoms with Crippen LogP contribution in [0.4, 0.5) is 4.39 Å². The SMILES string of the molecule is O=C1C=C(Oc2ccc(-c3ccc(F)cc3)cc2)c2ccccc2CCC1. The second-order valence-electron chi connectivity index (χ2n) is 6.62. The van der Waals surface area contributed by atoms with Crippen molar-refractivity contribution in [1.82, 2.24) is 0 Å². The molecule has 0 heterocycles. The van der Waals surface area contributed by atoms with Crippen molar-refractivity contribution in [2.24, 2.45) is 0 Å². The molecule has 0 saturated carbocycles. The molecule has 0 saturated heterocycles. The van der Waals surface area contributed by atoms with Crippen LogP contribution in [-0.4, -0.2) is 5.78 Å². The average Bonchev–Trinajstić information content (AvgIpc) is 2.68. The maximum atomic E-state index is 13.1. The van der Waals surface area contributed by atoms with Gasteiger partial charge in [0, 0.05) is 18.1 Å². The molecule has 1 aliphatic rings. The number of carbonyl (C=O) groups excluding carboxylic acids is 1. The molecule has 4 rings (SSSR count). The van der Waals surface area contributed by atoms with Crippen molar-refractivity contribution >= 4 is 11.5 Å². The number of halogens is 1. The number of benzene rings is 3. The van der Waals surface area contributed by atoms with Crippen LogP contribution in [0, 0.1) is 5.82 Å². The van der Waals surface area contributed by atoms with E-state index in [4.69, 9.17) is 4.74 Å². The Morgan fingerprint density at radius 2 is 1.44 bits per heavy atom. The first kappa shape index (κ1) is 17.2. The summed E-state index contributed by atoms with van der Waals surface area (Å²) >= 11 is 0. The van der Waals surface area contributed by atoms with Gasteiger partial charge >= 0.3 is 0 Å². The first-order valence-electron chi connectivity index (χ1n) is 9.06. The van der Waals surface area contributed by atoms with E-state index < -0.39 is 0 Å². The molecule has 0 atom stereocenters. The van der Waals surface area contributed by atoms with Crippen LogP contribution in [0.15, 0.2) is 78.9 Å². The fourth-order valence-corrected chi connectivity index (χ4v) is 3.30. The maximum absolute atomic E-state index is 13.1. The molecule has 3 aromatic rings. The molecule has 0 fully saturated rings. The minimum absolute atomic E-state index is 0.0856. The lowest BCUT2D eigenvalue weighted by Gasteiger charge is -2.16. The normalized spacial score (nSPS) is 14.0. The molecule has 0 radical (unpaired) electrons. The standard InChI is InChI=1S/C24H19FO2/c25-20-12-8-17(9-13-20)18-10-14-22(15-11-18)27-24-16-21(26)6-3-5-19-4-1-2-7-23(19)24/h1-2,4,7-16H,3,5-6H2. The Kier molecular flexibility index (Phi) is 4.84. The molecule has 3 heteroatoms. The van der Waals surface area contributed by atoms with E-state index in [2.05, 4.69) is 6.07 Å². The van der Waals surface area contributed by atoms with Gasteiger partial charge in [-0.05, 0) is 53.8 Å². The van der Waals surface area contributed by atoms with Gasteiger partial charge in [-0.2, -0.15) is 0 Å². The van der Waals surface area contributed by atoms with Gasteiger partial charge in [0.15, 0.2) is 5.78 Å². The Morgan fingerprint density at radius 1 is 0.778 bits per heavy atom. The highest BCUT2D eigenvalue weighted by Crippen LogP contribution is 2.29. The fraction of sp³-hybridized carbons (Fsp3) is 0.125. The number of rotatable bonds is 3. The molecule has 0 unspecified atom stereocenters. The smallest absolute Gasteiger partial charge is 0.159 e. The van der Waals surface area contributed by atoms with E-state index in [-0.39, 0.29) is 11.6 Å². The summed E-state index contributed by atoms with van der Waals surface area (Å²) in [4.78, 5) is 12.1. The van der Waals surface area contributed by atoms with Gasteiger partial charge in [0.25, 0.3) is 0 Å². The highest BCUT2D eigenvalue weighted by atomic mass is 19.1. The molecular weight excluding hydrogens is 339 g/mol. The minimum Gasteiger partial charge on any atom is -0.457 e. The van der Waals surface area contributed by atoms with Gasteiger partial charge in [0.2, 0.25) is 0 Å². The molecule has 3 aromatic carbocycles. The zero-order valence-electron chi connectivity index (χ0n) is 14.8. The number of ketones is 1. The predicted molar refractivity (Wildman–Crippen MR) is 105 cm³/mol. The number of aryl methyl sites for hydroxylation is 1. The van der Waals surface area contributed by atoms with Crippen molar-refractivity contribution in [3.05, 3.63) is 95.8 Å². The van der Waals surface area contributed by atoms with Crippen molar-refractivity contribution in [2.75, 3.05) is 0 Å². The molecule has 0 aromatic heterocycles. The van der Waals surface area contributed by atoms with Crippen LogP contribution in [-0.2, 0) is 11.2 Å². The monoisotopic (exact) mass is 358 g/mol. The molecular formula is C24H19FO2. The van der Waals surface area contributed by atoms with Gasteiger partial charge in [-0.3, -0.25) is 4.79 Å². The highest BCUT2D eigenvalue weighted by molar-refractivity contribution is 5.96. The summed E-state index contributed by atoms with van der Waals surface area (Å²) in [7, 11) is 0. The van der Waals surface area contributed by atoms with Crippen LogP contribution in [0.5, 0.6) is 5.75 Å². The van der Waals surface area contributed by atoms with Crippen molar-refractivity contribution in [3.63, 3.8) is 0 Å². The topological polar surface area (TPSA) is 26.3 Å². The lowest BCUT2D eigenvalue weighted by molar-refractivity contribution is -0.114. The van der Waals surface area contributed by atoms with Gasteiger partial charge < -0.3 is 4.74 Å². The molecule has 27 heavy (non-hydrogen) atoms. The zero-order valence-corrected chi connectivity index (χ0v) is 14.8. The molecule has 0 N–H and O–H groups in total. The average molecular weight is 358 g/mol. The van der Waals surface area contributed by atoms with Crippen LogP contribution in [0.1, 0.15) is 24.0 Å². The lowest BCUT2D eigenvalue weighted by atomic mass is 9.96. The Labute approximate surface area is 157 Å². The summed E-state index contributed by atoms with van der Waals surface area (Å²) in [5.74, 6) is 1.08. The van der Waals surface area contributed by atoms with Crippen molar-refractivity contribution in [2.45, 2.75) is 19.3 Å².